The molecule has 8 heteroatoms. The standard InChI is InChI=1S/2C31H36NO.C12H15NOS.Ir/c2*1-3-5-7-9-15-24-21-25(16-10-8-6-4-2)23-26(22-24)27-17-11-12-18-28(27)31-32-29-19-13-14-20-30(29)33-31;1-8(2)10-7-15-12(13-10)9-5-3-4-6-11(9)14;/h2*11-14,17,19-23H,3-10,15-16H2,1-2H3;3-6,8,10,14H,7H2,1-2H3;/q2*-1;;+3/p-1/t;;10-;/m..1./s1. The number of para-hydroxylation sites is 5. The molecule has 0 saturated carbocycles. The number of hydrogen-bond donors (Lipinski definition) is 0. The van der Waals surface area contributed by atoms with E-state index in [9.17, 15) is 5.11 Å². The summed E-state index contributed by atoms with van der Waals surface area (Å²) in [5.74, 6) is 2.91. The fraction of sp³-hybridized carbons (Fsp3) is 0.392. The number of hydrogen-bond acceptors (Lipinski definition) is 7. The van der Waals surface area contributed by atoms with Crippen molar-refractivity contribution in [2.75, 3.05) is 5.75 Å². The van der Waals surface area contributed by atoms with E-state index in [1.807, 2.05) is 72.8 Å². The van der Waals surface area contributed by atoms with Gasteiger partial charge >= 0.3 is 20.1 Å². The summed E-state index contributed by atoms with van der Waals surface area (Å²) < 4.78 is 12.2. The van der Waals surface area contributed by atoms with Gasteiger partial charge in [0.15, 0.2) is 0 Å². The first-order valence-corrected chi connectivity index (χ1v) is 31.7. The molecule has 0 N–H and O–H groups in total. The fourth-order valence-corrected chi connectivity index (χ4v) is 11.9. The maximum atomic E-state index is 11.6. The zero-order valence-electron chi connectivity index (χ0n) is 49.7. The molecule has 1 aliphatic heterocycles. The molecule has 430 valence electrons. The molecule has 9 aromatic rings. The van der Waals surface area contributed by atoms with E-state index in [0.29, 0.717) is 23.7 Å². The van der Waals surface area contributed by atoms with Crippen LogP contribution < -0.4 is 5.11 Å². The van der Waals surface area contributed by atoms with Gasteiger partial charge in [-0.05, 0) is 109 Å². The second kappa shape index (κ2) is 33.9. The van der Waals surface area contributed by atoms with Crippen molar-refractivity contribution < 1.29 is 34.0 Å². The first-order chi connectivity index (χ1) is 39.7. The summed E-state index contributed by atoms with van der Waals surface area (Å²) in [6.45, 7) is 13.4. The van der Waals surface area contributed by atoms with Gasteiger partial charge in [0, 0.05) is 5.75 Å². The maximum absolute atomic E-state index is 11.6. The summed E-state index contributed by atoms with van der Waals surface area (Å²) in [7, 11) is 0. The van der Waals surface area contributed by atoms with Crippen LogP contribution in [-0.2, 0) is 45.8 Å². The Bertz CT molecular complexity index is 3060. The molecule has 0 saturated heterocycles. The molecule has 6 nitrogen and oxygen atoms in total. The molecule has 1 atom stereocenters. The fourth-order valence-electron chi connectivity index (χ4n) is 10.6. The van der Waals surface area contributed by atoms with Gasteiger partial charge in [-0.15, -0.1) is 60.3 Å². The van der Waals surface area contributed by atoms with Crippen LogP contribution in [0.25, 0.3) is 67.4 Å². The molecule has 0 radical (unpaired) electrons. The van der Waals surface area contributed by atoms with Crippen LogP contribution in [0.1, 0.15) is 172 Å². The van der Waals surface area contributed by atoms with Crippen LogP contribution in [0.5, 0.6) is 5.75 Å². The van der Waals surface area contributed by atoms with Gasteiger partial charge in [0.2, 0.25) is 0 Å². The van der Waals surface area contributed by atoms with Crippen LogP contribution in [-0.4, -0.2) is 26.8 Å². The first kappa shape index (κ1) is 63.5. The van der Waals surface area contributed by atoms with E-state index in [4.69, 9.17) is 18.8 Å². The molecular formula is C74H86IrN3O3S. The predicted molar refractivity (Wildman–Crippen MR) is 342 cm³/mol. The number of fused-ring (bicyclic) bond motifs is 2. The average molecular weight is 1290 g/mol. The summed E-state index contributed by atoms with van der Waals surface area (Å²) in [5.41, 5.74) is 16.6. The number of nitrogens with zero attached hydrogens (tertiary/aromatic N) is 3. The molecule has 0 bridgehead atoms. The summed E-state index contributed by atoms with van der Waals surface area (Å²) >= 11 is 1.70. The van der Waals surface area contributed by atoms with Crippen molar-refractivity contribution in [2.45, 2.75) is 176 Å². The van der Waals surface area contributed by atoms with Crippen molar-refractivity contribution in [1.29, 1.82) is 0 Å². The molecule has 2 aromatic heterocycles. The van der Waals surface area contributed by atoms with Crippen molar-refractivity contribution in [1.82, 2.24) is 9.97 Å². The molecule has 0 fully saturated rings. The third-order valence-electron chi connectivity index (χ3n) is 15.3. The molecule has 1 aliphatic rings. The SMILES string of the molecule is CC(C)[C@H]1CSC(c2ccccc2[O-])=N1.CCCCCCc1cc(CCCCCC)cc(-c2ccc[c-]c2-c2nc3ccccc3o2)c1.CCCCCCc1cc(CCCCCC)cc(-c2ccc[c-]c2-c2nc3ccccc3o2)c1.[Ir+3]. The van der Waals surface area contributed by atoms with Gasteiger partial charge in [-0.2, -0.15) is 0 Å². The average Bonchev–Trinajstić information content (AvgIpc) is 4.41. The Kier molecular flexibility index (Phi) is 26.3. The minimum atomic E-state index is 0. The number of rotatable bonds is 26. The van der Waals surface area contributed by atoms with Gasteiger partial charge < -0.3 is 13.9 Å². The Labute approximate surface area is 508 Å². The third kappa shape index (κ3) is 18.5. The van der Waals surface area contributed by atoms with Crippen molar-refractivity contribution >= 4 is 39.0 Å². The van der Waals surface area contributed by atoms with Crippen LogP contribution in [0, 0.1) is 18.1 Å². The van der Waals surface area contributed by atoms with Crippen molar-refractivity contribution in [3.63, 3.8) is 0 Å². The van der Waals surface area contributed by atoms with Crippen molar-refractivity contribution in [3.8, 4) is 50.9 Å². The van der Waals surface area contributed by atoms with Crippen molar-refractivity contribution in [3.05, 3.63) is 186 Å². The number of aromatic nitrogens is 2. The molecule has 82 heavy (non-hydrogen) atoms. The zero-order chi connectivity index (χ0) is 56.6. The van der Waals surface area contributed by atoms with Gasteiger partial charge in [0.05, 0.1) is 22.1 Å². The Morgan fingerprint density at radius 2 is 0.878 bits per heavy atom. The Balaban J connectivity index is 0.000000188. The van der Waals surface area contributed by atoms with Crippen LogP contribution in [0.15, 0.2) is 159 Å². The number of oxazole rings is 2. The van der Waals surface area contributed by atoms with Crippen LogP contribution in [0.4, 0.5) is 0 Å². The zero-order valence-corrected chi connectivity index (χ0v) is 52.9. The Morgan fingerprint density at radius 1 is 0.488 bits per heavy atom. The van der Waals surface area contributed by atoms with E-state index in [-0.39, 0.29) is 25.9 Å². The molecule has 0 amide bonds. The van der Waals surface area contributed by atoms with Crippen LogP contribution in [0.3, 0.4) is 0 Å². The van der Waals surface area contributed by atoms with Gasteiger partial charge in [0.1, 0.15) is 22.9 Å². The second-order valence-corrected chi connectivity index (χ2v) is 23.3. The summed E-state index contributed by atoms with van der Waals surface area (Å²) in [6, 6.07) is 57.0. The maximum Gasteiger partial charge on any atom is 3.00 e. The van der Waals surface area contributed by atoms with E-state index in [1.165, 1.54) is 136 Å². The van der Waals surface area contributed by atoms with E-state index in [0.717, 1.165) is 86.5 Å². The van der Waals surface area contributed by atoms with E-state index in [1.54, 1.807) is 23.9 Å². The topological polar surface area (TPSA) is 87.5 Å². The smallest absolute Gasteiger partial charge is 0.872 e. The van der Waals surface area contributed by atoms with Crippen LogP contribution >= 0.6 is 11.8 Å². The van der Waals surface area contributed by atoms with Gasteiger partial charge in [-0.3, -0.25) is 15.0 Å². The predicted octanol–water partition coefficient (Wildman–Crippen LogP) is 20.7. The monoisotopic (exact) mass is 1290 g/mol. The number of aryl methyl sites for hydroxylation is 4. The Hall–Kier alpha value is -6.05. The second-order valence-electron chi connectivity index (χ2n) is 22.3. The van der Waals surface area contributed by atoms with E-state index >= 15 is 0 Å². The van der Waals surface area contributed by atoms with E-state index < -0.39 is 0 Å². The molecule has 0 unspecified atom stereocenters. The number of unbranched alkanes of at least 4 members (excludes halogenated alkanes) is 12. The largest absolute Gasteiger partial charge is 3.00 e. The molecule has 3 heterocycles. The molecule has 0 spiro atoms. The van der Waals surface area contributed by atoms with E-state index in [2.05, 4.69) is 119 Å². The number of thioether (sulfide) groups is 1. The summed E-state index contributed by atoms with van der Waals surface area (Å²) in [4.78, 5) is 14.1. The number of benzene rings is 7. The van der Waals surface area contributed by atoms with Gasteiger partial charge in [-0.25, -0.2) is 0 Å². The van der Waals surface area contributed by atoms with Crippen molar-refractivity contribution in [2.24, 2.45) is 10.9 Å². The first-order valence-electron chi connectivity index (χ1n) is 30.7. The molecule has 10 rings (SSSR count). The summed E-state index contributed by atoms with van der Waals surface area (Å²) in [5, 5.41) is 12.5. The molecule has 0 aliphatic carbocycles. The Morgan fingerprint density at radius 3 is 1.26 bits per heavy atom. The molecule has 7 aromatic carbocycles. The quantitative estimate of drug-likeness (QED) is 0.0397. The molecular weight excluding hydrogens is 1200 g/mol. The van der Waals surface area contributed by atoms with Gasteiger partial charge in [-0.1, -0.05) is 243 Å². The summed E-state index contributed by atoms with van der Waals surface area (Å²) in [6.07, 6.45) is 25.2. The number of aliphatic imine (C=N–C) groups is 1. The normalized spacial score (nSPS) is 12.9. The third-order valence-corrected chi connectivity index (χ3v) is 16.4. The van der Waals surface area contributed by atoms with Gasteiger partial charge in [0.25, 0.3) is 0 Å². The minimum Gasteiger partial charge on any atom is -0.872 e. The van der Waals surface area contributed by atoms with Crippen LogP contribution in [0.2, 0.25) is 0 Å². The minimum absolute atomic E-state index is 0.